The van der Waals surface area contributed by atoms with Crippen molar-refractivity contribution in [3.63, 3.8) is 0 Å². The number of carbonyl (C=O) groups is 1. The molecule has 0 saturated carbocycles. The van der Waals surface area contributed by atoms with Crippen LogP contribution >= 0.6 is 0 Å². The molecular weight excluding hydrogens is 256 g/mol. The van der Waals surface area contributed by atoms with Crippen LogP contribution in [0.2, 0.25) is 0 Å². The molecule has 1 saturated heterocycles. The molecule has 0 aliphatic carbocycles. The zero-order chi connectivity index (χ0) is 13.4. The van der Waals surface area contributed by atoms with Crippen molar-refractivity contribution in [3.05, 3.63) is 0 Å². The first-order valence-electron chi connectivity index (χ1n) is 4.63. The third kappa shape index (κ3) is 3.24. The maximum atomic E-state index is 12.2. The Morgan fingerprint density at radius 1 is 1.18 bits per heavy atom. The third-order valence-corrected chi connectivity index (χ3v) is 2.38. The van der Waals surface area contributed by atoms with Gasteiger partial charge in [0.15, 0.2) is 0 Å². The van der Waals surface area contributed by atoms with E-state index in [2.05, 4.69) is 0 Å². The molecular formula is C8H9F6NO2. The van der Waals surface area contributed by atoms with Gasteiger partial charge in [-0.2, -0.15) is 26.3 Å². The Kier molecular flexibility index (Phi) is 3.60. The number of β-amino-alcohol motifs (C(OH)–C–C–N with tert-alkyl or cyclic N) is 1. The minimum Gasteiger partial charge on any atom is -0.391 e. The van der Waals surface area contributed by atoms with Crippen molar-refractivity contribution in [3.8, 4) is 0 Å². The molecule has 0 radical (unpaired) electrons. The van der Waals surface area contributed by atoms with E-state index in [-0.39, 0.29) is 13.0 Å². The van der Waals surface area contributed by atoms with Crippen LogP contribution in [0.25, 0.3) is 0 Å². The number of aliphatic hydroxyl groups is 1. The highest BCUT2D eigenvalue weighted by atomic mass is 19.4. The second-order valence-corrected chi connectivity index (χ2v) is 3.74. The van der Waals surface area contributed by atoms with E-state index in [0.29, 0.717) is 4.90 Å². The van der Waals surface area contributed by atoms with Gasteiger partial charge in [-0.1, -0.05) is 0 Å². The first-order valence-corrected chi connectivity index (χ1v) is 4.63. The molecule has 1 amide bonds. The van der Waals surface area contributed by atoms with Gasteiger partial charge in [-0.3, -0.25) is 4.79 Å². The van der Waals surface area contributed by atoms with Crippen LogP contribution in [0.4, 0.5) is 26.3 Å². The summed E-state index contributed by atoms with van der Waals surface area (Å²) in [6.45, 7) is -0.801. The number of halogens is 6. The molecule has 100 valence electrons. The summed E-state index contributed by atoms with van der Waals surface area (Å²) in [5.74, 6) is -6.07. The topological polar surface area (TPSA) is 40.5 Å². The highest BCUT2D eigenvalue weighted by Crippen LogP contribution is 2.40. The summed E-state index contributed by atoms with van der Waals surface area (Å²) in [5.41, 5.74) is 0. The first kappa shape index (κ1) is 14.1. The summed E-state index contributed by atoms with van der Waals surface area (Å²) >= 11 is 0. The second kappa shape index (κ2) is 4.35. The number of aliphatic hydroxyl groups excluding tert-OH is 1. The van der Waals surface area contributed by atoms with Crippen LogP contribution in [0, 0.1) is 5.92 Å². The fraction of sp³-hybridized carbons (Fsp3) is 0.875. The smallest absolute Gasteiger partial charge is 0.391 e. The van der Waals surface area contributed by atoms with Crippen molar-refractivity contribution in [2.75, 3.05) is 13.1 Å². The summed E-state index contributed by atoms with van der Waals surface area (Å²) < 4.78 is 73.1. The Morgan fingerprint density at radius 3 is 1.94 bits per heavy atom. The first-order chi connectivity index (χ1) is 7.53. The Bertz CT molecular complexity index is 285. The Labute approximate surface area is 92.0 Å². The number of hydrogen-bond donors (Lipinski definition) is 1. The highest BCUT2D eigenvalue weighted by molar-refractivity contribution is 5.80. The number of hydrogen-bond acceptors (Lipinski definition) is 2. The maximum Gasteiger partial charge on any atom is 0.409 e. The third-order valence-electron chi connectivity index (χ3n) is 2.38. The molecule has 0 aromatic heterocycles. The standard InChI is InChI=1S/C8H9F6NO2/c9-7(10,11)5(8(12,13)14)6(17)15-2-1-4(16)3-15/h4-5,16H,1-3H2/t4-/m0/s1. The van der Waals surface area contributed by atoms with Crippen LogP contribution in [-0.4, -0.2) is 47.5 Å². The average Bonchev–Trinajstić information content (AvgIpc) is 2.45. The van der Waals surface area contributed by atoms with E-state index in [1.165, 1.54) is 0 Å². The van der Waals surface area contributed by atoms with Gasteiger partial charge in [-0.15, -0.1) is 0 Å². The molecule has 1 aliphatic rings. The van der Waals surface area contributed by atoms with Crippen LogP contribution in [-0.2, 0) is 4.79 Å². The fourth-order valence-corrected chi connectivity index (χ4v) is 1.59. The summed E-state index contributed by atoms with van der Waals surface area (Å²) in [4.78, 5) is 11.5. The van der Waals surface area contributed by atoms with Gasteiger partial charge < -0.3 is 10.0 Å². The summed E-state index contributed by atoms with van der Waals surface area (Å²) in [6, 6.07) is 0. The molecule has 1 rings (SSSR count). The molecule has 1 fully saturated rings. The predicted molar refractivity (Wildman–Crippen MR) is 42.8 cm³/mol. The van der Waals surface area contributed by atoms with Gasteiger partial charge in [-0.25, -0.2) is 0 Å². The van der Waals surface area contributed by atoms with Gasteiger partial charge in [0.05, 0.1) is 6.10 Å². The summed E-state index contributed by atoms with van der Waals surface area (Å²) in [6.07, 6.45) is -12.4. The monoisotopic (exact) mass is 265 g/mol. The lowest BCUT2D eigenvalue weighted by atomic mass is 10.1. The normalized spacial score (nSPS) is 22.4. The van der Waals surface area contributed by atoms with E-state index in [4.69, 9.17) is 5.11 Å². The minimum absolute atomic E-state index is 0.0197. The number of alkyl halides is 6. The lowest BCUT2D eigenvalue weighted by molar-refractivity contribution is -0.277. The van der Waals surface area contributed by atoms with Gasteiger partial charge in [0.25, 0.3) is 0 Å². The maximum absolute atomic E-state index is 12.2. The van der Waals surface area contributed by atoms with E-state index in [1.54, 1.807) is 0 Å². The van der Waals surface area contributed by atoms with Crippen molar-refractivity contribution in [2.45, 2.75) is 24.9 Å². The Hall–Kier alpha value is -0.990. The van der Waals surface area contributed by atoms with Crippen molar-refractivity contribution in [1.82, 2.24) is 4.90 Å². The summed E-state index contributed by atoms with van der Waals surface area (Å²) in [7, 11) is 0. The van der Waals surface area contributed by atoms with E-state index in [1.807, 2.05) is 0 Å². The van der Waals surface area contributed by atoms with Gasteiger partial charge >= 0.3 is 12.4 Å². The van der Waals surface area contributed by atoms with Gasteiger partial charge in [0.1, 0.15) is 0 Å². The zero-order valence-electron chi connectivity index (χ0n) is 8.35. The molecule has 1 N–H and O–H groups in total. The number of carbonyl (C=O) groups excluding carboxylic acids is 1. The van der Waals surface area contributed by atoms with Crippen LogP contribution < -0.4 is 0 Å². The van der Waals surface area contributed by atoms with E-state index >= 15 is 0 Å². The quantitative estimate of drug-likeness (QED) is 0.726. The van der Waals surface area contributed by atoms with E-state index in [0.717, 1.165) is 0 Å². The molecule has 0 spiro atoms. The molecule has 9 heteroatoms. The van der Waals surface area contributed by atoms with Crippen LogP contribution in [0.15, 0.2) is 0 Å². The SMILES string of the molecule is O=C(C(C(F)(F)F)C(F)(F)F)N1CC[C@H](O)C1. The minimum atomic E-state index is -5.68. The molecule has 3 nitrogen and oxygen atoms in total. The Balaban J connectivity index is 2.89. The average molecular weight is 265 g/mol. The number of rotatable bonds is 1. The zero-order valence-corrected chi connectivity index (χ0v) is 8.35. The fourth-order valence-electron chi connectivity index (χ4n) is 1.59. The van der Waals surface area contributed by atoms with Crippen molar-refractivity contribution in [1.29, 1.82) is 0 Å². The number of amides is 1. The van der Waals surface area contributed by atoms with Crippen LogP contribution in [0.3, 0.4) is 0 Å². The van der Waals surface area contributed by atoms with E-state index in [9.17, 15) is 31.1 Å². The molecule has 1 atom stereocenters. The molecule has 0 bridgehead atoms. The van der Waals surface area contributed by atoms with Crippen molar-refractivity contribution < 1.29 is 36.2 Å². The molecule has 0 aromatic rings. The van der Waals surface area contributed by atoms with Crippen molar-refractivity contribution >= 4 is 5.91 Å². The molecule has 0 aromatic carbocycles. The summed E-state index contributed by atoms with van der Waals surface area (Å²) in [5, 5.41) is 8.98. The van der Waals surface area contributed by atoms with Gasteiger partial charge in [-0.05, 0) is 6.42 Å². The highest BCUT2D eigenvalue weighted by Gasteiger charge is 2.62. The number of likely N-dealkylation sites (tertiary alicyclic amines) is 1. The van der Waals surface area contributed by atoms with Crippen LogP contribution in [0.5, 0.6) is 0 Å². The van der Waals surface area contributed by atoms with Gasteiger partial charge in [0.2, 0.25) is 11.8 Å². The molecule has 1 heterocycles. The Morgan fingerprint density at radius 2 is 1.65 bits per heavy atom. The second-order valence-electron chi connectivity index (χ2n) is 3.74. The molecule has 0 unspecified atom stereocenters. The molecule has 17 heavy (non-hydrogen) atoms. The van der Waals surface area contributed by atoms with E-state index < -0.39 is 36.8 Å². The molecule has 1 aliphatic heterocycles. The van der Waals surface area contributed by atoms with Crippen LogP contribution in [0.1, 0.15) is 6.42 Å². The lowest BCUT2D eigenvalue weighted by Crippen LogP contribution is -2.49. The van der Waals surface area contributed by atoms with Crippen molar-refractivity contribution in [2.24, 2.45) is 5.92 Å². The largest absolute Gasteiger partial charge is 0.409 e. The number of nitrogens with zero attached hydrogens (tertiary/aromatic N) is 1. The predicted octanol–water partition coefficient (Wildman–Crippen LogP) is 1.32. The lowest BCUT2D eigenvalue weighted by Gasteiger charge is -2.26. The van der Waals surface area contributed by atoms with Gasteiger partial charge in [0, 0.05) is 13.1 Å².